The maximum absolute atomic E-state index is 5.81. The fraction of sp³-hybridized carbons (Fsp3) is 0.769. The molecule has 3 heteroatoms. The van der Waals surface area contributed by atoms with Crippen molar-refractivity contribution in [3.05, 3.63) is 17.8 Å². The molecular formula is C13H22N2O. The number of rotatable bonds is 4. The van der Waals surface area contributed by atoms with Crippen LogP contribution in [0.4, 0.5) is 0 Å². The monoisotopic (exact) mass is 222 g/mol. The molecule has 0 radical (unpaired) electrons. The van der Waals surface area contributed by atoms with Gasteiger partial charge in [0.1, 0.15) is 5.76 Å². The van der Waals surface area contributed by atoms with Crippen molar-refractivity contribution in [2.75, 3.05) is 0 Å². The van der Waals surface area contributed by atoms with Gasteiger partial charge in [0.15, 0.2) is 0 Å². The number of nitrogens with zero attached hydrogens (tertiary/aromatic N) is 1. The van der Waals surface area contributed by atoms with Gasteiger partial charge in [0.05, 0.1) is 12.7 Å². The highest BCUT2D eigenvalue weighted by Crippen LogP contribution is 2.39. The van der Waals surface area contributed by atoms with Gasteiger partial charge in [-0.3, -0.25) is 0 Å². The maximum Gasteiger partial charge on any atom is 0.208 e. The molecule has 0 aliphatic heterocycles. The number of hydrogen-bond acceptors (Lipinski definition) is 3. The molecule has 2 rings (SSSR count). The van der Waals surface area contributed by atoms with Gasteiger partial charge in [0.2, 0.25) is 5.89 Å². The molecule has 3 nitrogen and oxygen atoms in total. The Morgan fingerprint density at radius 3 is 2.94 bits per heavy atom. The minimum absolute atomic E-state index is 0.473. The van der Waals surface area contributed by atoms with Gasteiger partial charge in [-0.25, -0.2) is 4.98 Å². The summed E-state index contributed by atoms with van der Waals surface area (Å²) < 4.78 is 5.81. The summed E-state index contributed by atoms with van der Waals surface area (Å²) in [6.45, 7) is 7.30. The number of hydrogen-bond donors (Lipinski definition) is 1. The molecule has 16 heavy (non-hydrogen) atoms. The molecule has 1 N–H and O–H groups in total. The van der Waals surface area contributed by atoms with Crippen LogP contribution < -0.4 is 5.32 Å². The van der Waals surface area contributed by atoms with Gasteiger partial charge >= 0.3 is 0 Å². The fourth-order valence-electron chi connectivity index (χ4n) is 2.44. The van der Waals surface area contributed by atoms with Gasteiger partial charge in [-0.05, 0) is 18.8 Å². The first-order valence-corrected chi connectivity index (χ1v) is 6.35. The second-order valence-electron chi connectivity index (χ2n) is 5.21. The molecule has 1 heterocycles. The van der Waals surface area contributed by atoms with E-state index < -0.39 is 0 Å². The zero-order valence-electron chi connectivity index (χ0n) is 10.5. The predicted octanol–water partition coefficient (Wildman–Crippen LogP) is 3.08. The van der Waals surface area contributed by atoms with E-state index in [9.17, 15) is 0 Å². The summed E-state index contributed by atoms with van der Waals surface area (Å²) in [5, 5.41) is 3.32. The van der Waals surface area contributed by atoms with Crippen LogP contribution in [-0.4, -0.2) is 11.0 Å². The summed E-state index contributed by atoms with van der Waals surface area (Å²) in [4.78, 5) is 4.34. The second kappa shape index (κ2) is 5.00. The minimum atomic E-state index is 0.473. The van der Waals surface area contributed by atoms with Gasteiger partial charge in [0.25, 0.3) is 0 Å². The molecule has 1 saturated carbocycles. The third-order valence-corrected chi connectivity index (χ3v) is 3.46. The highest BCUT2D eigenvalue weighted by atomic mass is 16.4. The van der Waals surface area contributed by atoms with Gasteiger partial charge in [-0.2, -0.15) is 0 Å². The molecule has 0 spiro atoms. The molecule has 0 saturated heterocycles. The van der Waals surface area contributed by atoms with Crippen molar-refractivity contribution in [1.82, 2.24) is 10.3 Å². The highest BCUT2D eigenvalue weighted by molar-refractivity contribution is 5.05. The second-order valence-corrected chi connectivity index (χ2v) is 5.21. The summed E-state index contributed by atoms with van der Waals surface area (Å²) in [6.07, 6.45) is 5.83. The lowest BCUT2D eigenvalue weighted by Gasteiger charge is -2.11. The number of nitrogens with one attached hydrogen (secondary N) is 1. The molecule has 1 fully saturated rings. The quantitative estimate of drug-likeness (QED) is 0.850. The average molecular weight is 222 g/mol. The van der Waals surface area contributed by atoms with E-state index in [0.29, 0.717) is 12.0 Å². The third-order valence-electron chi connectivity index (χ3n) is 3.46. The summed E-state index contributed by atoms with van der Waals surface area (Å²) in [7, 11) is 0. The smallest absolute Gasteiger partial charge is 0.208 e. The molecule has 0 bridgehead atoms. The van der Waals surface area contributed by atoms with Crippen LogP contribution in [0.3, 0.4) is 0 Å². The van der Waals surface area contributed by atoms with Gasteiger partial charge in [-0.15, -0.1) is 0 Å². The van der Waals surface area contributed by atoms with Crippen LogP contribution in [-0.2, 0) is 6.54 Å². The predicted molar refractivity (Wildman–Crippen MR) is 64.2 cm³/mol. The molecule has 1 aromatic rings. The lowest BCUT2D eigenvalue weighted by molar-refractivity contribution is 0.376. The normalized spacial score (nSPS) is 25.5. The maximum atomic E-state index is 5.81. The van der Waals surface area contributed by atoms with E-state index in [1.807, 2.05) is 6.20 Å². The standard InChI is InChI=1S/C13H22N2O/c1-9(2)14-8-13-15-7-12(16-13)11-6-4-5-10(11)3/h7,9-11,14H,4-6,8H2,1-3H3. The Kier molecular flexibility index (Phi) is 3.64. The average Bonchev–Trinajstić information content (AvgIpc) is 2.83. The number of oxazole rings is 1. The van der Waals surface area contributed by atoms with E-state index in [2.05, 4.69) is 31.1 Å². The van der Waals surface area contributed by atoms with Crippen molar-refractivity contribution in [2.45, 2.75) is 58.5 Å². The highest BCUT2D eigenvalue weighted by Gasteiger charge is 2.27. The van der Waals surface area contributed by atoms with E-state index in [-0.39, 0.29) is 0 Å². The topological polar surface area (TPSA) is 38.1 Å². The first-order chi connectivity index (χ1) is 7.66. The first-order valence-electron chi connectivity index (χ1n) is 6.35. The molecule has 0 amide bonds. The molecule has 1 aliphatic rings. The molecule has 1 aliphatic carbocycles. The van der Waals surface area contributed by atoms with Crippen molar-refractivity contribution >= 4 is 0 Å². The van der Waals surface area contributed by atoms with E-state index in [1.54, 1.807) is 0 Å². The zero-order valence-corrected chi connectivity index (χ0v) is 10.5. The van der Waals surface area contributed by atoms with Crippen LogP contribution >= 0.6 is 0 Å². The minimum Gasteiger partial charge on any atom is -0.444 e. The van der Waals surface area contributed by atoms with E-state index in [1.165, 1.54) is 19.3 Å². The van der Waals surface area contributed by atoms with E-state index in [0.717, 1.165) is 24.1 Å². The molecule has 2 unspecified atom stereocenters. The van der Waals surface area contributed by atoms with E-state index in [4.69, 9.17) is 4.42 Å². The molecule has 90 valence electrons. The molecule has 0 aromatic carbocycles. The van der Waals surface area contributed by atoms with E-state index >= 15 is 0 Å². The summed E-state index contributed by atoms with van der Waals surface area (Å²) in [5.74, 6) is 3.26. The van der Waals surface area contributed by atoms with Crippen molar-refractivity contribution in [3.8, 4) is 0 Å². The summed E-state index contributed by atoms with van der Waals surface area (Å²) >= 11 is 0. The van der Waals surface area contributed by atoms with Crippen LogP contribution in [0.1, 0.15) is 57.6 Å². The van der Waals surface area contributed by atoms with Crippen LogP contribution in [0.15, 0.2) is 10.6 Å². The Morgan fingerprint density at radius 1 is 1.50 bits per heavy atom. The molecule has 1 aromatic heterocycles. The van der Waals surface area contributed by atoms with Gasteiger partial charge < -0.3 is 9.73 Å². The van der Waals surface area contributed by atoms with Gasteiger partial charge in [-0.1, -0.05) is 27.2 Å². The Bertz CT molecular complexity index is 332. The zero-order chi connectivity index (χ0) is 11.5. The Morgan fingerprint density at radius 2 is 2.31 bits per heavy atom. The third kappa shape index (κ3) is 2.64. The SMILES string of the molecule is CC(C)NCc1ncc(C2CCCC2C)o1. The Hall–Kier alpha value is -0.830. The van der Waals surface area contributed by atoms with Crippen molar-refractivity contribution < 1.29 is 4.42 Å². The Labute approximate surface area is 97.6 Å². The molecular weight excluding hydrogens is 200 g/mol. The summed E-state index contributed by atoms with van der Waals surface area (Å²) in [6, 6.07) is 0.473. The van der Waals surface area contributed by atoms with Crippen LogP contribution in [0.25, 0.3) is 0 Å². The van der Waals surface area contributed by atoms with Crippen LogP contribution in [0, 0.1) is 5.92 Å². The van der Waals surface area contributed by atoms with Gasteiger partial charge in [0, 0.05) is 12.0 Å². The Balaban J connectivity index is 1.96. The van der Waals surface area contributed by atoms with Crippen LogP contribution in [0.5, 0.6) is 0 Å². The largest absolute Gasteiger partial charge is 0.444 e. The van der Waals surface area contributed by atoms with Crippen molar-refractivity contribution in [2.24, 2.45) is 5.92 Å². The fourth-order valence-corrected chi connectivity index (χ4v) is 2.44. The van der Waals surface area contributed by atoms with Crippen molar-refractivity contribution in [1.29, 1.82) is 0 Å². The first kappa shape index (κ1) is 11.6. The lowest BCUT2D eigenvalue weighted by Crippen LogP contribution is -2.21. The van der Waals surface area contributed by atoms with Crippen molar-refractivity contribution in [3.63, 3.8) is 0 Å². The number of aromatic nitrogens is 1. The lowest BCUT2D eigenvalue weighted by atomic mass is 9.96. The summed E-state index contributed by atoms with van der Waals surface area (Å²) in [5.41, 5.74) is 0. The molecule has 2 atom stereocenters. The van der Waals surface area contributed by atoms with Crippen LogP contribution in [0.2, 0.25) is 0 Å².